The minimum absolute atomic E-state index is 0.157. The Balaban J connectivity index is 2.10. The number of nitrogens with zero attached hydrogens (tertiary/aromatic N) is 1. The van der Waals surface area contributed by atoms with E-state index in [0.717, 1.165) is 17.9 Å². The maximum Gasteiger partial charge on any atom is 0.314 e. The first-order chi connectivity index (χ1) is 9.09. The van der Waals surface area contributed by atoms with Crippen molar-refractivity contribution in [3.8, 4) is 5.75 Å². The van der Waals surface area contributed by atoms with Crippen LogP contribution in [0.1, 0.15) is 5.56 Å². The highest BCUT2D eigenvalue weighted by molar-refractivity contribution is 5.73. The van der Waals surface area contributed by atoms with Gasteiger partial charge in [-0.2, -0.15) is 0 Å². The topological polar surface area (TPSA) is 53.6 Å². The first kappa shape index (κ1) is 15.3. The number of carbonyl (C=O) groups is 1. The fourth-order valence-corrected chi connectivity index (χ4v) is 1.50. The van der Waals surface area contributed by atoms with Crippen LogP contribution in [0.3, 0.4) is 0 Å². The first-order valence-corrected chi connectivity index (χ1v) is 6.44. The number of hydrogen-bond acceptors (Lipinski definition) is 3. The van der Waals surface area contributed by atoms with Gasteiger partial charge in [0, 0.05) is 13.1 Å². The standard InChI is InChI=1S/C14H23N3O2/c1-12-6-4-5-7-13(12)19-11-9-16-14(18)15-8-10-17(2)3/h4-7H,8-11H2,1-3H3,(H2,15,16,18). The second kappa shape index (κ2) is 8.37. The van der Waals surface area contributed by atoms with Crippen molar-refractivity contribution in [1.29, 1.82) is 0 Å². The summed E-state index contributed by atoms with van der Waals surface area (Å²) < 4.78 is 5.58. The number of likely N-dealkylation sites (N-methyl/N-ethyl adjacent to an activating group) is 1. The lowest BCUT2D eigenvalue weighted by Crippen LogP contribution is -2.40. The van der Waals surface area contributed by atoms with Crippen molar-refractivity contribution in [2.24, 2.45) is 0 Å². The number of amides is 2. The van der Waals surface area contributed by atoms with Gasteiger partial charge in [-0.15, -0.1) is 0 Å². The summed E-state index contributed by atoms with van der Waals surface area (Å²) >= 11 is 0. The van der Waals surface area contributed by atoms with E-state index < -0.39 is 0 Å². The molecule has 2 amide bonds. The van der Waals surface area contributed by atoms with Gasteiger partial charge in [-0.05, 0) is 32.6 Å². The van der Waals surface area contributed by atoms with E-state index in [2.05, 4.69) is 10.6 Å². The molecule has 2 N–H and O–H groups in total. The number of benzene rings is 1. The molecule has 0 aliphatic rings. The van der Waals surface area contributed by atoms with Crippen LogP contribution in [0.5, 0.6) is 5.75 Å². The van der Waals surface area contributed by atoms with Gasteiger partial charge in [0.1, 0.15) is 12.4 Å². The Morgan fingerprint density at radius 3 is 2.58 bits per heavy atom. The maximum atomic E-state index is 11.4. The molecule has 106 valence electrons. The second-order valence-electron chi connectivity index (χ2n) is 4.60. The predicted molar refractivity (Wildman–Crippen MR) is 76.6 cm³/mol. The average molecular weight is 265 g/mol. The van der Waals surface area contributed by atoms with Gasteiger partial charge in [0.15, 0.2) is 0 Å². The van der Waals surface area contributed by atoms with E-state index in [4.69, 9.17) is 4.74 Å². The molecule has 0 atom stereocenters. The maximum absolute atomic E-state index is 11.4. The van der Waals surface area contributed by atoms with Gasteiger partial charge in [-0.3, -0.25) is 0 Å². The highest BCUT2D eigenvalue weighted by atomic mass is 16.5. The number of carbonyl (C=O) groups excluding carboxylic acids is 1. The molecule has 0 bridgehead atoms. The number of ether oxygens (including phenoxy) is 1. The third kappa shape index (κ3) is 6.67. The highest BCUT2D eigenvalue weighted by Gasteiger charge is 2.00. The molecule has 0 aliphatic heterocycles. The molecule has 5 nitrogen and oxygen atoms in total. The Labute approximate surface area is 114 Å². The molecule has 0 heterocycles. The van der Waals surface area contributed by atoms with Gasteiger partial charge in [0.2, 0.25) is 0 Å². The highest BCUT2D eigenvalue weighted by Crippen LogP contribution is 2.15. The first-order valence-electron chi connectivity index (χ1n) is 6.44. The van der Waals surface area contributed by atoms with Gasteiger partial charge in [-0.25, -0.2) is 4.79 Å². The molecule has 0 radical (unpaired) electrons. The summed E-state index contributed by atoms with van der Waals surface area (Å²) in [7, 11) is 3.94. The monoisotopic (exact) mass is 265 g/mol. The Kier molecular flexibility index (Phi) is 6.74. The number of nitrogens with one attached hydrogen (secondary N) is 2. The van der Waals surface area contributed by atoms with Crippen LogP contribution in [0.4, 0.5) is 4.79 Å². The third-order valence-electron chi connectivity index (χ3n) is 2.58. The van der Waals surface area contributed by atoms with Crippen LogP contribution in [0.2, 0.25) is 0 Å². The molecule has 0 fully saturated rings. The average Bonchev–Trinajstić information content (AvgIpc) is 2.36. The lowest BCUT2D eigenvalue weighted by Gasteiger charge is -2.12. The Morgan fingerprint density at radius 2 is 1.89 bits per heavy atom. The summed E-state index contributed by atoms with van der Waals surface area (Å²) in [6.45, 7) is 4.41. The van der Waals surface area contributed by atoms with Crippen LogP contribution in [-0.4, -0.2) is 51.3 Å². The van der Waals surface area contributed by atoms with Crippen LogP contribution in [-0.2, 0) is 0 Å². The van der Waals surface area contributed by atoms with E-state index in [-0.39, 0.29) is 6.03 Å². The quantitative estimate of drug-likeness (QED) is 0.729. The predicted octanol–water partition coefficient (Wildman–Crippen LogP) is 1.23. The molecule has 0 aromatic heterocycles. The van der Waals surface area contributed by atoms with E-state index in [1.807, 2.05) is 50.2 Å². The van der Waals surface area contributed by atoms with Crippen molar-refractivity contribution in [3.05, 3.63) is 29.8 Å². The normalized spacial score (nSPS) is 10.3. The summed E-state index contributed by atoms with van der Waals surface area (Å²) in [6, 6.07) is 7.67. The van der Waals surface area contributed by atoms with E-state index in [1.165, 1.54) is 0 Å². The fourth-order valence-electron chi connectivity index (χ4n) is 1.50. The van der Waals surface area contributed by atoms with E-state index in [0.29, 0.717) is 19.7 Å². The lowest BCUT2D eigenvalue weighted by molar-refractivity contribution is 0.235. The van der Waals surface area contributed by atoms with Gasteiger partial charge in [0.05, 0.1) is 6.54 Å². The molecule has 1 aromatic carbocycles. The van der Waals surface area contributed by atoms with Crippen LogP contribution < -0.4 is 15.4 Å². The van der Waals surface area contributed by atoms with E-state index in [9.17, 15) is 4.79 Å². The minimum Gasteiger partial charge on any atom is -0.491 e. The summed E-state index contributed by atoms with van der Waals surface area (Å²) in [5.41, 5.74) is 1.10. The van der Waals surface area contributed by atoms with E-state index >= 15 is 0 Å². The van der Waals surface area contributed by atoms with Crippen molar-refractivity contribution in [2.75, 3.05) is 40.3 Å². The van der Waals surface area contributed by atoms with Crippen molar-refractivity contribution < 1.29 is 9.53 Å². The Bertz CT molecular complexity index is 394. The van der Waals surface area contributed by atoms with Crippen LogP contribution in [0.15, 0.2) is 24.3 Å². The number of rotatable bonds is 7. The molecule has 0 saturated heterocycles. The number of hydrogen-bond donors (Lipinski definition) is 2. The number of aryl methyl sites for hydroxylation is 1. The molecule has 1 rings (SSSR count). The minimum atomic E-state index is -0.157. The smallest absolute Gasteiger partial charge is 0.314 e. The third-order valence-corrected chi connectivity index (χ3v) is 2.58. The zero-order chi connectivity index (χ0) is 14.1. The number of urea groups is 1. The summed E-state index contributed by atoms with van der Waals surface area (Å²) in [5.74, 6) is 0.859. The van der Waals surface area contributed by atoms with Crippen molar-refractivity contribution in [1.82, 2.24) is 15.5 Å². The van der Waals surface area contributed by atoms with Crippen molar-refractivity contribution in [3.63, 3.8) is 0 Å². The fraction of sp³-hybridized carbons (Fsp3) is 0.500. The van der Waals surface area contributed by atoms with Gasteiger partial charge >= 0.3 is 6.03 Å². The van der Waals surface area contributed by atoms with Crippen LogP contribution in [0.25, 0.3) is 0 Å². The molecular weight excluding hydrogens is 242 g/mol. The largest absolute Gasteiger partial charge is 0.491 e. The SMILES string of the molecule is Cc1ccccc1OCCNC(=O)NCCN(C)C. The molecule has 0 aliphatic carbocycles. The zero-order valence-corrected chi connectivity index (χ0v) is 11.9. The van der Waals surface area contributed by atoms with Crippen molar-refractivity contribution in [2.45, 2.75) is 6.92 Å². The summed E-state index contributed by atoms with van der Waals surface area (Å²) in [4.78, 5) is 13.4. The van der Waals surface area contributed by atoms with E-state index in [1.54, 1.807) is 0 Å². The van der Waals surface area contributed by atoms with Gasteiger partial charge < -0.3 is 20.3 Å². The Hall–Kier alpha value is -1.75. The Morgan fingerprint density at radius 1 is 1.21 bits per heavy atom. The zero-order valence-electron chi connectivity index (χ0n) is 11.9. The van der Waals surface area contributed by atoms with Crippen molar-refractivity contribution >= 4 is 6.03 Å². The van der Waals surface area contributed by atoms with Crippen LogP contribution >= 0.6 is 0 Å². The summed E-state index contributed by atoms with van der Waals surface area (Å²) in [5, 5.41) is 5.53. The molecule has 5 heteroatoms. The van der Waals surface area contributed by atoms with Gasteiger partial charge in [0.25, 0.3) is 0 Å². The molecular formula is C14H23N3O2. The summed E-state index contributed by atoms with van der Waals surface area (Å²) in [6.07, 6.45) is 0. The second-order valence-corrected chi connectivity index (χ2v) is 4.60. The molecule has 0 unspecified atom stereocenters. The van der Waals surface area contributed by atoms with Gasteiger partial charge in [-0.1, -0.05) is 18.2 Å². The van der Waals surface area contributed by atoms with Crippen LogP contribution in [0, 0.1) is 6.92 Å². The lowest BCUT2D eigenvalue weighted by atomic mass is 10.2. The molecule has 0 saturated carbocycles. The molecule has 0 spiro atoms. The molecule has 19 heavy (non-hydrogen) atoms. The molecule has 1 aromatic rings. The number of para-hydroxylation sites is 1.